The molecule has 7 nitrogen and oxygen atoms in total. The topological polar surface area (TPSA) is 82.5 Å². The number of amides is 1. The number of nitrogens with one attached hydrogen (secondary N) is 1. The summed E-state index contributed by atoms with van der Waals surface area (Å²) in [4.78, 5) is 24.1. The Morgan fingerprint density at radius 2 is 1.75 bits per heavy atom. The van der Waals surface area contributed by atoms with Crippen LogP contribution >= 0.6 is 0 Å². The molecule has 1 N–H and O–H groups in total. The number of hydrogen-bond donors (Lipinski definition) is 1. The van der Waals surface area contributed by atoms with E-state index in [2.05, 4.69) is 10.4 Å². The predicted octanol–water partition coefficient (Wildman–Crippen LogP) is 3.37. The van der Waals surface area contributed by atoms with Crippen LogP contribution in [0.2, 0.25) is 0 Å². The number of aromatic nitrogens is 2. The van der Waals surface area contributed by atoms with Crippen molar-refractivity contribution >= 4 is 17.6 Å². The molecule has 1 aromatic heterocycles. The van der Waals surface area contributed by atoms with Gasteiger partial charge in [-0.3, -0.25) is 4.79 Å². The van der Waals surface area contributed by atoms with Gasteiger partial charge in [-0.2, -0.15) is 5.10 Å². The molecule has 0 aliphatic heterocycles. The first-order chi connectivity index (χ1) is 13.6. The lowest BCUT2D eigenvalue weighted by atomic mass is 10.2. The standard InChI is InChI=1S/C21H21N3O4/c1-3-27-19-10-6-17(7-11-19)23-20(25)14-28-21(26)16-4-8-18(9-5-16)24-15(2)12-13-22-24/h4-13H,3,14H2,1-2H3,(H,23,25). The van der Waals surface area contributed by atoms with Gasteiger partial charge in [0.05, 0.1) is 17.9 Å². The zero-order chi connectivity index (χ0) is 19.9. The fourth-order valence-corrected chi connectivity index (χ4v) is 2.59. The lowest BCUT2D eigenvalue weighted by Gasteiger charge is -2.09. The van der Waals surface area contributed by atoms with Crippen LogP contribution in [-0.4, -0.2) is 34.9 Å². The average molecular weight is 379 g/mol. The van der Waals surface area contributed by atoms with E-state index in [9.17, 15) is 9.59 Å². The molecule has 28 heavy (non-hydrogen) atoms. The molecule has 1 heterocycles. The maximum Gasteiger partial charge on any atom is 0.338 e. The minimum Gasteiger partial charge on any atom is -0.494 e. The van der Waals surface area contributed by atoms with Crippen LogP contribution < -0.4 is 10.1 Å². The number of carbonyl (C=O) groups excluding carboxylic acids is 2. The monoisotopic (exact) mass is 379 g/mol. The second-order valence-corrected chi connectivity index (χ2v) is 6.01. The first kappa shape index (κ1) is 19.2. The van der Waals surface area contributed by atoms with E-state index in [0.29, 0.717) is 17.9 Å². The minimum atomic E-state index is -0.564. The molecule has 0 spiro atoms. The first-order valence-electron chi connectivity index (χ1n) is 8.87. The highest BCUT2D eigenvalue weighted by molar-refractivity contribution is 5.95. The molecule has 0 fully saturated rings. The van der Waals surface area contributed by atoms with Crippen molar-refractivity contribution in [1.29, 1.82) is 0 Å². The van der Waals surface area contributed by atoms with Crippen molar-refractivity contribution in [3.05, 3.63) is 72.1 Å². The van der Waals surface area contributed by atoms with Gasteiger partial charge in [0.25, 0.3) is 5.91 Å². The molecule has 0 aliphatic carbocycles. The van der Waals surface area contributed by atoms with Crippen molar-refractivity contribution in [2.75, 3.05) is 18.5 Å². The molecule has 0 aliphatic rings. The number of aryl methyl sites for hydroxylation is 1. The number of esters is 1. The number of ether oxygens (including phenoxy) is 2. The van der Waals surface area contributed by atoms with Crippen molar-refractivity contribution in [3.8, 4) is 11.4 Å². The lowest BCUT2D eigenvalue weighted by molar-refractivity contribution is -0.119. The molecular formula is C21H21N3O4. The van der Waals surface area contributed by atoms with E-state index in [-0.39, 0.29) is 6.61 Å². The second kappa shape index (κ2) is 8.85. The van der Waals surface area contributed by atoms with Gasteiger partial charge in [0, 0.05) is 17.6 Å². The number of benzene rings is 2. The van der Waals surface area contributed by atoms with Gasteiger partial charge in [-0.05, 0) is 68.4 Å². The van der Waals surface area contributed by atoms with Crippen LogP contribution in [-0.2, 0) is 9.53 Å². The third-order valence-corrected chi connectivity index (χ3v) is 3.96. The van der Waals surface area contributed by atoms with Crippen molar-refractivity contribution in [3.63, 3.8) is 0 Å². The largest absolute Gasteiger partial charge is 0.494 e. The predicted molar refractivity (Wildman–Crippen MR) is 105 cm³/mol. The van der Waals surface area contributed by atoms with E-state index < -0.39 is 11.9 Å². The van der Waals surface area contributed by atoms with Gasteiger partial charge < -0.3 is 14.8 Å². The molecule has 0 saturated carbocycles. The second-order valence-electron chi connectivity index (χ2n) is 6.01. The summed E-state index contributed by atoms with van der Waals surface area (Å²) >= 11 is 0. The average Bonchev–Trinajstić information content (AvgIpc) is 3.14. The number of hydrogen-bond acceptors (Lipinski definition) is 5. The maximum absolute atomic E-state index is 12.1. The zero-order valence-electron chi connectivity index (χ0n) is 15.7. The normalized spacial score (nSPS) is 10.4. The fraction of sp³-hybridized carbons (Fsp3) is 0.190. The molecule has 0 atom stereocenters. The summed E-state index contributed by atoms with van der Waals surface area (Å²) < 4.78 is 12.2. The smallest absolute Gasteiger partial charge is 0.338 e. The Balaban J connectivity index is 1.52. The van der Waals surface area contributed by atoms with Crippen LogP contribution in [0, 0.1) is 6.92 Å². The van der Waals surface area contributed by atoms with E-state index in [1.54, 1.807) is 59.4 Å². The van der Waals surface area contributed by atoms with Crippen LogP contribution in [0.5, 0.6) is 5.75 Å². The molecule has 1 amide bonds. The van der Waals surface area contributed by atoms with E-state index in [1.807, 2.05) is 19.9 Å². The number of nitrogens with zero attached hydrogens (tertiary/aromatic N) is 2. The minimum absolute atomic E-state index is 0.363. The molecule has 0 bridgehead atoms. The van der Waals surface area contributed by atoms with Crippen LogP contribution in [0.1, 0.15) is 23.0 Å². The van der Waals surface area contributed by atoms with Crippen LogP contribution in [0.3, 0.4) is 0 Å². The molecular weight excluding hydrogens is 358 g/mol. The molecule has 0 unspecified atom stereocenters. The number of anilines is 1. The van der Waals surface area contributed by atoms with Gasteiger partial charge in [-0.25, -0.2) is 9.48 Å². The number of carbonyl (C=O) groups is 2. The molecule has 0 radical (unpaired) electrons. The molecule has 7 heteroatoms. The van der Waals surface area contributed by atoms with E-state index in [0.717, 1.165) is 17.1 Å². The Morgan fingerprint density at radius 1 is 1.04 bits per heavy atom. The van der Waals surface area contributed by atoms with Crippen molar-refractivity contribution in [2.24, 2.45) is 0 Å². The summed E-state index contributed by atoms with van der Waals surface area (Å²) in [5, 5.41) is 6.88. The van der Waals surface area contributed by atoms with E-state index >= 15 is 0 Å². The Kier molecular flexibility index (Phi) is 6.06. The van der Waals surface area contributed by atoms with Gasteiger partial charge in [0.15, 0.2) is 6.61 Å². The summed E-state index contributed by atoms with van der Waals surface area (Å²) in [5.41, 5.74) is 2.79. The van der Waals surface area contributed by atoms with Gasteiger partial charge in [0.1, 0.15) is 5.75 Å². The highest BCUT2D eigenvalue weighted by Crippen LogP contribution is 2.16. The van der Waals surface area contributed by atoms with Crippen LogP contribution in [0.4, 0.5) is 5.69 Å². The summed E-state index contributed by atoms with van der Waals surface area (Å²) in [7, 11) is 0. The van der Waals surface area contributed by atoms with Gasteiger partial charge in [0.2, 0.25) is 0 Å². The third-order valence-electron chi connectivity index (χ3n) is 3.96. The van der Waals surface area contributed by atoms with Crippen LogP contribution in [0.25, 0.3) is 5.69 Å². The van der Waals surface area contributed by atoms with Gasteiger partial charge in [-0.15, -0.1) is 0 Å². The highest BCUT2D eigenvalue weighted by atomic mass is 16.5. The van der Waals surface area contributed by atoms with Crippen molar-refractivity contribution < 1.29 is 19.1 Å². The zero-order valence-corrected chi connectivity index (χ0v) is 15.7. The lowest BCUT2D eigenvalue weighted by Crippen LogP contribution is -2.20. The Labute approximate surface area is 162 Å². The van der Waals surface area contributed by atoms with E-state index in [1.165, 1.54) is 0 Å². The summed E-state index contributed by atoms with van der Waals surface area (Å²) in [6, 6.07) is 15.7. The van der Waals surface area contributed by atoms with Crippen molar-refractivity contribution in [1.82, 2.24) is 9.78 Å². The molecule has 3 aromatic rings. The maximum atomic E-state index is 12.1. The summed E-state index contributed by atoms with van der Waals surface area (Å²) in [6.07, 6.45) is 1.71. The quantitative estimate of drug-likeness (QED) is 0.637. The number of rotatable bonds is 7. The molecule has 2 aromatic carbocycles. The first-order valence-corrected chi connectivity index (χ1v) is 8.87. The SMILES string of the molecule is CCOc1ccc(NC(=O)COC(=O)c2ccc(-n3nccc3C)cc2)cc1. The van der Waals surface area contributed by atoms with Gasteiger partial charge >= 0.3 is 5.97 Å². The highest BCUT2D eigenvalue weighted by Gasteiger charge is 2.11. The Bertz CT molecular complexity index is 947. The van der Waals surface area contributed by atoms with Crippen molar-refractivity contribution in [2.45, 2.75) is 13.8 Å². The Morgan fingerprint density at radius 3 is 2.36 bits per heavy atom. The molecule has 0 saturated heterocycles. The molecule has 3 rings (SSSR count). The third kappa shape index (κ3) is 4.76. The summed E-state index contributed by atoms with van der Waals surface area (Å²) in [5.74, 6) is -0.257. The van der Waals surface area contributed by atoms with Crippen LogP contribution in [0.15, 0.2) is 60.8 Å². The van der Waals surface area contributed by atoms with Gasteiger partial charge in [-0.1, -0.05) is 0 Å². The van der Waals surface area contributed by atoms with E-state index in [4.69, 9.17) is 9.47 Å². The fourth-order valence-electron chi connectivity index (χ4n) is 2.59. The molecule has 144 valence electrons. The summed E-state index contributed by atoms with van der Waals surface area (Å²) in [6.45, 7) is 4.05. The Hall–Kier alpha value is -3.61.